The van der Waals surface area contributed by atoms with E-state index >= 15 is 0 Å². The Morgan fingerprint density at radius 2 is 2.07 bits per heavy atom. The molecule has 2 unspecified atom stereocenters. The second kappa shape index (κ2) is 3.82. The minimum atomic E-state index is 0.277. The van der Waals surface area contributed by atoms with Crippen molar-refractivity contribution in [2.75, 3.05) is 19.6 Å². The summed E-state index contributed by atoms with van der Waals surface area (Å²) < 4.78 is 0. The van der Waals surface area contributed by atoms with Crippen LogP contribution in [0.5, 0.6) is 0 Å². The van der Waals surface area contributed by atoms with Crippen LogP contribution in [0.15, 0.2) is 0 Å². The first-order valence-corrected chi connectivity index (χ1v) is 6.04. The fourth-order valence-corrected chi connectivity index (χ4v) is 2.88. The SMILES string of the molecule is CC(C)(C)NCCN1CC2CCC1C2. The lowest BCUT2D eigenvalue weighted by Gasteiger charge is -2.29. The highest BCUT2D eigenvalue weighted by atomic mass is 15.2. The highest BCUT2D eigenvalue weighted by Crippen LogP contribution is 2.36. The van der Waals surface area contributed by atoms with Crippen LogP contribution in [-0.4, -0.2) is 36.1 Å². The van der Waals surface area contributed by atoms with Gasteiger partial charge in [0.25, 0.3) is 0 Å². The quantitative estimate of drug-likeness (QED) is 0.741. The Balaban J connectivity index is 1.67. The molecule has 0 aromatic rings. The zero-order valence-corrected chi connectivity index (χ0v) is 9.84. The van der Waals surface area contributed by atoms with E-state index in [1.54, 1.807) is 0 Å². The average molecular weight is 196 g/mol. The van der Waals surface area contributed by atoms with Crippen molar-refractivity contribution in [3.63, 3.8) is 0 Å². The van der Waals surface area contributed by atoms with Gasteiger partial charge >= 0.3 is 0 Å². The Kier molecular flexibility index (Phi) is 2.85. The number of hydrogen-bond donors (Lipinski definition) is 1. The number of rotatable bonds is 3. The van der Waals surface area contributed by atoms with Crippen molar-refractivity contribution < 1.29 is 0 Å². The van der Waals surface area contributed by atoms with Crippen LogP contribution in [-0.2, 0) is 0 Å². The molecule has 1 aliphatic carbocycles. The highest BCUT2D eigenvalue weighted by Gasteiger charge is 2.37. The molecule has 0 spiro atoms. The summed E-state index contributed by atoms with van der Waals surface area (Å²) in [4.78, 5) is 2.69. The third-order valence-electron chi connectivity index (χ3n) is 3.58. The molecule has 2 nitrogen and oxygen atoms in total. The van der Waals surface area contributed by atoms with E-state index in [0.717, 1.165) is 18.5 Å². The molecule has 82 valence electrons. The van der Waals surface area contributed by atoms with Crippen molar-refractivity contribution in [1.29, 1.82) is 0 Å². The summed E-state index contributed by atoms with van der Waals surface area (Å²) in [5.74, 6) is 1.04. The maximum Gasteiger partial charge on any atom is 0.0110 e. The first-order chi connectivity index (χ1) is 6.54. The van der Waals surface area contributed by atoms with E-state index < -0.39 is 0 Å². The van der Waals surface area contributed by atoms with E-state index in [9.17, 15) is 0 Å². The Hall–Kier alpha value is -0.0800. The van der Waals surface area contributed by atoms with Gasteiger partial charge in [0, 0.05) is 31.2 Å². The summed E-state index contributed by atoms with van der Waals surface area (Å²) in [6, 6.07) is 0.932. The minimum absolute atomic E-state index is 0.277. The minimum Gasteiger partial charge on any atom is -0.311 e. The zero-order chi connectivity index (χ0) is 10.2. The largest absolute Gasteiger partial charge is 0.311 e. The van der Waals surface area contributed by atoms with E-state index in [1.807, 2.05) is 0 Å². The molecule has 14 heavy (non-hydrogen) atoms. The van der Waals surface area contributed by atoms with Crippen LogP contribution in [0.25, 0.3) is 0 Å². The molecule has 2 aliphatic rings. The van der Waals surface area contributed by atoms with E-state index in [0.29, 0.717) is 0 Å². The molecule has 1 saturated heterocycles. The standard InChI is InChI=1S/C12H24N2/c1-12(2,3)13-6-7-14-9-10-4-5-11(14)8-10/h10-11,13H,4-9H2,1-3H3. The molecule has 0 aromatic carbocycles. The Bertz CT molecular complexity index is 195. The van der Waals surface area contributed by atoms with Crippen LogP contribution >= 0.6 is 0 Å². The topological polar surface area (TPSA) is 15.3 Å². The monoisotopic (exact) mass is 196 g/mol. The Labute approximate surface area is 88.1 Å². The lowest BCUT2D eigenvalue weighted by atomic mass is 10.1. The van der Waals surface area contributed by atoms with Crippen molar-refractivity contribution in [3.05, 3.63) is 0 Å². The summed E-state index contributed by atoms with van der Waals surface area (Å²) >= 11 is 0. The first-order valence-electron chi connectivity index (χ1n) is 6.04. The van der Waals surface area contributed by atoms with Crippen LogP contribution in [0.4, 0.5) is 0 Å². The van der Waals surface area contributed by atoms with Gasteiger partial charge < -0.3 is 5.32 Å². The van der Waals surface area contributed by atoms with Gasteiger partial charge in [-0.05, 0) is 46.0 Å². The summed E-state index contributed by atoms with van der Waals surface area (Å²) in [7, 11) is 0. The van der Waals surface area contributed by atoms with Crippen molar-refractivity contribution in [1.82, 2.24) is 10.2 Å². The van der Waals surface area contributed by atoms with Gasteiger partial charge in [0.2, 0.25) is 0 Å². The fourth-order valence-electron chi connectivity index (χ4n) is 2.88. The molecule has 1 aliphatic heterocycles. The summed E-state index contributed by atoms with van der Waals surface area (Å²) in [6.45, 7) is 10.5. The molecule has 0 aromatic heterocycles. The number of nitrogens with zero attached hydrogens (tertiary/aromatic N) is 1. The normalized spacial score (nSPS) is 32.8. The van der Waals surface area contributed by atoms with Crippen molar-refractivity contribution in [2.45, 2.75) is 51.6 Å². The molecule has 0 radical (unpaired) electrons. The van der Waals surface area contributed by atoms with E-state index in [-0.39, 0.29) is 5.54 Å². The number of fused-ring (bicyclic) bond motifs is 2. The number of nitrogens with one attached hydrogen (secondary N) is 1. The van der Waals surface area contributed by atoms with Crippen molar-refractivity contribution >= 4 is 0 Å². The zero-order valence-electron chi connectivity index (χ0n) is 9.84. The van der Waals surface area contributed by atoms with Crippen molar-refractivity contribution in [2.24, 2.45) is 5.92 Å². The van der Waals surface area contributed by atoms with Crippen LogP contribution in [0, 0.1) is 5.92 Å². The van der Waals surface area contributed by atoms with Gasteiger partial charge in [-0.1, -0.05) is 0 Å². The van der Waals surface area contributed by atoms with Crippen LogP contribution < -0.4 is 5.32 Å². The van der Waals surface area contributed by atoms with Gasteiger partial charge in [-0.25, -0.2) is 0 Å². The predicted molar refractivity (Wildman–Crippen MR) is 60.5 cm³/mol. The van der Waals surface area contributed by atoms with E-state index in [2.05, 4.69) is 31.0 Å². The van der Waals surface area contributed by atoms with Crippen LogP contribution in [0.1, 0.15) is 40.0 Å². The van der Waals surface area contributed by atoms with Gasteiger partial charge in [0.15, 0.2) is 0 Å². The molecular weight excluding hydrogens is 172 g/mol. The number of piperidine rings is 1. The summed E-state index contributed by atoms with van der Waals surface area (Å²) in [5, 5.41) is 3.57. The molecule has 2 heteroatoms. The van der Waals surface area contributed by atoms with Gasteiger partial charge in [0.05, 0.1) is 0 Å². The third-order valence-corrected chi connectivity index (χ3v) is 3.58. The number of hydrogen-bond acceptors (Lipinski definition) is 2. The van der Waals surface area contributed by atoms with E-state index in [1.165, 1.54) is 32.4 Å². The molecular formula is C12H24N2. The highest BCUT2D eigenvalue weighted by molar-refractivity contribution is 4.92. The summed E-state index contributed by atoms with van der Waals surface area (Å²) in [6.07, 6.45) is 4.43. The van der Waals surface area contributed by atoms with Crippen LogP contribution in [0.2, 0.25) is 0 Å². The number of likely N-dealkylation sites (tertiary alicyclic amines) is 1. The Morgan fingerprint density at radius 3 is 2.57 bits per heavy atom. The van der Waals surface area contributed by atoms with Gasteiger partial charge in [-0.3, -0.25) is 4.90 Å². The maximum atomic E-state index is 3.57. The molecule has 1 N–H and O–H groups in total. The molecule has 1 heterocycles. The van der Waals surface area contributed by atoms with E-state index in [4.69, 9.17) is 0 Å². The average Bonchev–Trinajstić information content (AvgIpc) is 2.62. The summed E-state index contributed by atoms with van der Waals surface area (Å²) in [5.41, 5.74) is 0.277. The van der Waals surface area contributed by atoms with Crippen molar-refractivity contribution in [3.8, 4) is 0 Å². The van der Waals surface area contributed by atoms with Gasteiger partial charge in [-0.15, -0.1) is 0 Å². The fraction of sp³-hybridized carbons (Fsp3) is 1.00. The maximum absolute atomic E-state index is 3.57. The molecule has 2 fully saturated rings. The van der Waals surface area contributed by atoms with Gasteiger partial charge in [0.1, 0.15) is 0 Å². The first kappa shape index (κ1) is 10.4. The molecule has 1 saturated carbocycles. The molecule has 2 bridgehead atoms. The lowest BCUT2D eigenvalue weighted by Crippen LogP contribution is -2.43. The molecule has 2 rings (SSSR count). The molecule has 0 amide bonds. The third kappa shape index (κ3) is 2.48. The second-order valence-corrected chi connectivity index (χ2v) is 6.00. The lowest BCUT2D eigenvalue weighted by molar-refractivity contribution is 0.207. The smallest absolute Gasteiger partial charge is 0.0110 e. The second-order valence-electron chi connectivity index (χ2n) is 6.00. The molecule has 2 atom stereocenters. The Morgan fingerprint density at radius 1 is 1.29 bits per heavy atom. The predicted octanol–water partition coefficient (Wildman–Crippen LogP) is 1.86. The van der Waals surface area contributed by atoms with Gasteiger partial charge in [-0.2, -0.15) is 0 Å². The van der Waals surface area contributed by atoms with Crippen LogP contribution in [0.3, 0.4) is 0 Å².